The van der Waals surface area contributed by atoms with E-state index in [1.807, 2.05) is 24.3 Å². The first-order chi connectivity index (χ1) is 12.6. The van der Waals surface area contributed by atoms with Gasteiger partial charge in [0.05, 0.1) is 11.3 Å². The molecule has 0 unspecified atom stereocenters. The Morgan fingerprint density at radius 3 is 2.58 bits per heavy atom. The van der Waals surface area contributed by atoms with E-state index >= 15 is 0 Å². The average Bonchev–Trinajstić information content (AvgIpc) is 2.66. The maximum Gasteiger partial charge on any atom is 0.253 e. The molecule has 0 aliphatic heterocycles. The molecule has 0 fully saturated rings. The van der Waals surface area contributed by atoms with E-state index in [2.05, 4.69) is 15.6 Å². The molecule has 0 spiro atoms. The minimum absolute atomic E-state index is 0.142. The third-order valence-electron chi connectivity index (χ3n) is 4.12. The highest BCUT2D eigenvalue weighted by molar-refractivity contribution is 6.03. The molecule has 0 saturated carbocycles. The van der Waals surface area contributed by atoms with Gasteiger partial charge >= 0.3 is 0 Å². The van der Waals surface area contributed by atoms with Gasteiger partial charge in [-0.1, -0.05) is 30.3 Å². The lowest BCUT2D eigenvalue weighted by molar-refractivity contribution is -0.116. The molecule has 0 radical (unpaired) electrons. The second-order valence-corrected chi connectivity index (χ2v) is 5.88. The van der Waals surface area contributed by atoms with Crippen molar-refractivity contribution in [2.24, 2.45) is 0 Å². The van der Waals surface area contributed by atoms with E-state index in [-0.39, 0.29) is 23.8 Å². The molecule has 6 nitrogen and oxygen atoms in total. The van der Waals surface area contributed by atoms with Crippen LogP contribution in [0.2, 0.25) is 0 Å². The number of pyridine rings is 1. The van der Waals surface area contributed by atoms with Gasteiger partial charge in [-0.3, -0.25) is 14.4 Å². The van der Waals surface area contributed by atoms with Crippen molar-refractivity contribution in [3.63, 3.8) is 0 Å². The van der Waals surface area contributed by atoms with Gasteiger partial charge in [-0.2, -0.15) is 0 Å². The normalized spacial score (nSPS) is 10.5. The number of carbonyl (C=O) groups excluding carboxylic acids is 2. The SMILES string of the molecule is CNC(=O)c1ccccc1NC(=O)CCc1cc2ccccc2[nH]c1=O. The molecule has 26 heavy (non-hydrogen) atoms. The number of nitrogens with one attached hydrogen (secondary N) is 3. The van der Waals surface area contributed by atoms with Crippen LogP contribution in [0.5, 0.6) is 0 Å². The van der Waals surface area contributed by atoms with E-state index in [1.54, 1.807) is 30.3 Å². The highest BCUT2D eigenvalue weighted by Crippen LogP contribution is 2.16. The van der Waals surface area contributed by atoms with E-state index < -0.39 is 0 Å². The number of anilines is 1. The number of rotatable bonds is 5. The molecule has 0 bridgehead atoms. The highest BCUT2D eigenvalue weighted by atomic mass is 16.2. The largest absolute Gasteiger partial charge is 0.355 e. The molecule has 3 aromatic rings. The van der Waals surface area contributed by atoms with Crippen LogP contribution in [0.15, 0.2) is 59.4 Å². The Morgan fingerprint density at radius 2 is 1.77 bits per heavy atom. The molecule has 2 aromatic carbocycles. The number of benzene rings is 2. The monoisotopic (exact) mass is 349 g/mol. The summed E-state index contributed by atoms with van der Waals surface area (Å²) in [6.07, 6.45) is 0.456. The molecule has 2 amide bonds. The molecule has 132 valence electrons. The Balaban J connectivity index is 1.71. The lowest BCUT2D eigenvalue weighted by Crippen LogP contribution is -2.22. The summed E-state index contributed by atoms with van der Waals surface area (Å²) >= 11 is 0. The van der Waals surface area contributed by atoms with E-state index in [0.717, 1.165) is 10.9 Å². The number of para-hydroxylation sites is 2. The first-order valence-electron chi connectivity index (χ1n) is 8.30. The topological polar surface area (TPSA) is 91.1 Å². The van der Waals surface area contributed by atoms with Crippen LogP contribution in [0.4, 0.5) is 5.69 Å². The van der Waals surface area contributed by atoms with Crippen molar-refractivity contribution in [1.29, 1.82) is 0 Å². The van der Waals surface area contributed by atoms with E-state index in [0.29, 0.717) is 23.2 Å². The highest BCUT2D eigenvalue weighted by Gasteiger charge is 2.12. The number of hydrogen-bond acceptors (Lipinski definition) is 3. The summed E-state index contributed by atoms with van der Waals surface area (Å²) in [4.78, 5) is 39.1. The van der Waals surface area contributed by atoms with Crippen molar-refractivity contribution in [3.8, 4) is 0 Å². The molecular formula is C20H19N3O3. The number of aromatic amines is 1. The number of aromatic nitrogens is 1. The maximum absolute atomic E-state index is 12.3. The van der Waals surface area contributed by atoms with Gasteiger partial charge in [-0.15, -0.1) is 0 Å². The van der Waals surface area contributed by atoms with Crippen LogP contribution in [-0.4, -0.2) is 23.8 Å². The van der Waals surface area contributed by atoms with Gasteiger partial charge in [0.25, 0.3) is 11.5 Å². The van der Waals surface area contributed by atoms with Gasteiger partial charge in [0.2, 0.25) is 5.91 Å². The number of H-pyrrole nitrogens is 1. The summed E-state index contributed by atoms with van der Waals surface area (Å²) in [6, 6.07) is 16.1. The number of fused-ring (bicyclic) bond motifs is 1. The lowest BCUT2D eigenvalue weighted by Gasteiger charge is -2.10. The minimum atomic E-state index is -0.271. The quantitative estimate of drug-likeness (QED) is 0.661. The van der Waals surface area contributed by atoms with Gasteiger partial charge in [-0.05, 0) is 36.1 Å². The number of carbonyl (C=O) groups is 2. The molecule has 3 N–H and O–H groups in total. The minimum Gasteiger partial charge on any atom is -0.355 e. The molecule has 0 aliphatic rings. The van der Waals surface area contributed by atoms with Crippen LogP contribution in [0, 0.1) is 0 Å². The first kappa shape index (κ1) is 17.4. The Labute approximate surface area is 150 Å². The molecule has 0 atom stereocenters. The Bertz CT molecular complexity index is 1020. The van der Waals surface area contributed by atoms with E-state index in [1.165, 1.54) is 7.05 Å². The molecule has 0 aliphatic carbocycles. The Hall–Kier alpha value is -3.41. The Kier molecular flexibility index (Phi) is 5.12. The molecule has 6 heteroatoms. The van der Waals surface area contributed by atoms with Crippen molar-refractivity contribution in [2.45, 2.75) is 12.8 Å². The molecule has 0 saturated heterocycles. The van der Waals surface area contributed by atoms with Crippen molar-refractivity contribution in [2.75, 3.05) is 12.4 Å². The van der Waals surface area contributed by atoms with Crippen LogP contribution in [0.25, 0.3) is 10.9 Å². The summed E-state index contributed by atoms with van der Waals surface area (Å²) in [7, 11) is 1.53. The van der Waals surface area contributed by atoms with Crippen molar-refractivity contribution in [1.82, 2.24) is 10.3 Å². The predicted molar refractivity (Wildman–Crippen MR) is 101 cm³/mol. The Morgan fingerprint density at radius 1 is 1.04 bits per heavy atom. The standard InChI is InChI=1S/C20H19N3O3/c1-21-20(26)15-7-3-5-9-17(15)22-18(24)11-10-14-12-13-6-2-4-8-16(13)23-19(14)25/h2-9,12H,10-11H2,1H3,(H,21,26)(H,22,24)(H,23,25). The number of amides is 2. The summed E-state index contributed by atoms with van der Waals surface area (Å²) in [5, 5.41) is 6.21. The maximum atomic E-state index is 12.3. The first-order valence-corrected chi connectivity index (χ1v) is 8.30. The third kappa shape index (κ3) is 3.80. The lowest BCUT2D eigenvalue weighted by atomic mass is 10.1. The molecule has 1 aromatic heterocycles. The zero-order valence-electron chi connectivity index (χ0n) is 14.3. The van der Waals surface area contributed by atoms with Crippen molar-refractivity contribution < 1.29 is 9.59 Å². The van der Waals surface area contributed by atoms with Gasteiger partial charge in [0, 0.05) is 24.5 Å². The van der Waals surface area contributed by atoms with Crippen LogP contribution >= 0.6 is 0 Å². The second-order valence-electron chi connectivity index (χ2n) is 5.88. The zero-order valence-corrected chi connectivity index (χ0v) is 14.3. The van der Waals surface area contributed by atoms with Crippen LogP contribution in [-0.2, 0) is 11.2 Å². The fourth-order valence-corrected chi connectivity index (χ4v) is 2.76. The summed E-state index contributed by atoms with van der Waals surface area (Å²) < 4.78 is 0. The molecule has 1 heterocycles. The van der Waals surface area contributed by atoms with Gasteiger partial charge in [0.1, 0.15) is 0 Å². The van der Waals surface area contributed by atoms with Crippen molar-refractivity contribution >= 4 is 28.4 Å². The second kappa shape index (κ2) is 7.65. The van der Waals surface area contributed by atoms with Crippen LogP contribution in [0.3, 0.4) is 0 Å². The van der Waals surface area contributed by atoms with Crippen molar-refractivity contribution in [3.05, 3.63) is 76.1 Å². The van der Waals surface area contributed by atoms with Gasteiger partial charge in [0.15, 0.2) is 0 Å². The molecule has 3 rings (SSSR count). The number of hydrogen-bond donors (Lipinski definition) is 3. The predicted octanol–water partition coefficient (Wildman–Crippen LogP) is 2.46. The summed E-state index contributed by atoms with van der Waals surface area (Å²) in [6.45, 7) is 0. The zero-order chi connectivity index (χ0) is 18.5. The fraction of sp³-hybridized carbons (Fsp3) is 0.150. The van der Waals surface area contributed by atoms with E-state index in [9.17, 15) is 14.4 Å². The third-order valence-corrected chi connectivity index (χ3v) is 4.12. The summed E-state index contributed by atoms with van der Waals surface area (Å²) in [5.41, 5.74) is 1.97. The van der Waals surface area contributed by atoms with Crippen LogP contribution < -0.4 is 16.2 Å². The fourth-order valence-electron chi connectivity index (χ4n) is 2.76. The van der Waals surface area contributed by atoms with Gasteiger partial charge in [-0.25, -0.2) is 0 Å². The summed E-state index contributed by atoms with van der Waals surface area (Å²) in [5.74, 6) is -0.527. The van der Waals surface area contributed by atoms with Gasteiger partial charge < -0.3 is 15.6 Å². The smallest absolute Gasteiger partial charge is 0.253 e. The average molecular weight is 349 g/mol. The molecular weight excluding hydrogens is 330 g/mol. The van der Waals surface area contributed by atoms with E-state index in [4.69, 9.17) is 0 Å². The number of aryl methyl sites for hydroxylation is 1. The van der Waals surface area contributed by atoms with Crippen LogP contribution in [0.1, 0.15) is 22.3 Å².